The summed E-state index contributed by atoms with van der Waals surface area (Å²) in [5.41, 5.74) is 1.38. The van der Waals surface area contributed by atoms with E-state index in [-0.39, 0.29) is 61.5 Å². The molecule has 16 heteroatoms. The summed E-state index contributed by atoms with van der Waals surface area (Å²) in [6, 6.07) is 9.10. The molecule has 1 saturated heterocycles. The summed E-state index contributed by atoms with van der Waals surface area (Å²) in [7, 11) is 0. The highest BCUT2D eigenvalue weighted by molar-refractivity contribution is 9.10. The van der Waals surface area contributed by atoms with Gasteiger partial charge in [-0.15, -0.1) is 10.2 Å². The smallest absolute Gasteiger partial charge is 0.326 e. The number of pyridine rings is 1. The van der Waals surface area contributed by atoms with Crippen molar-refractivity contribution in [1.82, 2.24) is 34.4 Å². The van der Waals surface area contributed by atoms with Crippen molar-refractivity contribution in [3.05, 3.63) is 63.9 Å². The summed E-state index contributed by atoms with van der Waals surface area (Å²) in [6.07, 6.45) is -5.54. The Hall–Kier alpha value is -4.21. The van der Waals surface area contributed by atoms with Crippen LogP contribution in [0.15, 0.2) is 41.0 Å². The number of alkyl halides is 4. The summed E-state index contributed by atoms with van der Waals surface area (Å²) in [5, 5.41) is 14.6. The number of hydrogen-bond acceptors (Lipinski definition) is 7. The predicted molar refractivity (Wildman–Crippen MR) is 151 cm³/mol. The van der Waals surface area contributed by atoms with Crippen molar-refractivity contribution in [2.24, 2.45) is 0 Å². The van der Waals surface area contributed by atoms with Gasteiger partial charge >= 0.3 is 6.18 Å². The average molecular weight is 677 g/mol. The normalized spacial score (nSPS) is 20.1. The van der Waals surface area contributed by atoms with Gasteiger partial charge in [0.1, 0.15) is 40.7 Å². The van der Waals surface area contributed by atoms with E-state index in [1.807, 2.05) is 0 Å². The van der Waals surface area contributed by atoms with Gasteiger partial charge in [0.15, 0.2) is 5.78 Å². The quantitative estimate of drug-likeness (QED) is 0.183. The lowest BCUT2D eigenvalue weighted by Crippen LogP contribution is -2.44. The molecule has 1 N–H and O–H groups in total. The van der Waals surface area contributed by atoms with Crippen LogP contribution in [-0.4, -0.2) is 70.8 Å². The first kappa shape index (κ1) is 29.8. The molecule has 0 bridgehead atoms. The summed E-state index contributed by atoms with van der Waals surface area (Å²) >= 11 is 3.23. The lowest BCUT2D eigenvalue weighted by atomic mass is 9.89. The number of aromatic nitrogens is 6. The molecule has 230 valence electrons. The third kappa shape index (κ3) is 5.69. The Balaban J connectivity index is 1.23. The van der Waals surface area contributed by atoms with Crippen LogP contribution in [0.2, 0.25) is 0 Å². The number of hydrogen-bond donors (Lipinski definition) is 1. The molecule has 2 aliphatic heterocycles. The lowest BCUT2D eigenvalue weighted by Gasteiger charge is -2.24. The molecule has 0 aliphatic carbocycles. The Bertz CT molecular complexity index is 1790. The maximum atomic E-state index is 14.5. The number of ketones is 1. The first-order chi connectivity index (χ1) is 20.9. The van der Waals surface area contributed by atoms with E-state index in [9.17, 15) is 31.9 Å². The van der Waals surface area contributed by atoms with Crippen LogP contribution in [0, 0.1) is 0 Å². The molecule has 4 aromatic rings. The number of nitrogens with one attached hydrogen (secondary N) is 1. The predicted octanol–water partition coefficient (Wildman–Crippen LogP) is 4.31. The summed E-state index contributed by atoms with van der Waals surface area (Å²) in [5.74, 6) is -2.19. The van der Waals surface area contributed by atoms with Gasteiger partial charge < -0.3 is 14.8 Å². The fraction of sp³-hybridized carbons (Fsp3) is 0.393. The molecule has 1 fully saturated rings. The number of benzene rings is 1. The van der Waals surface area contributed by atoms with Crippen molar-refractivity contribution in [1.29, 1.82) is 0 Å². The van der Waals surface area contributed by atoms with Gasteiger partial charge in [-0.3, -0.25) is 19.1 Å². The van der Waals surface area contributed by atoms with Crippen LogP contribution >= 0.6 is 15.9 Å². The van der Waals surface area contributed by atoms with Gasteiger partial charge in [0, 0.05) is 31.7 Å². The number of halogens is 5. The van der Waals surface area contributed by atoms with Gasteiger partial charge in [0.2, 0.25) is 17.6 Å². The Morgan fingerprint density at radius 3 is 2.66 bits per heavy atom. The number of carbonyl (C=O) groups excluding carboxylic acids is 3. The number of nitrogens with zero attached hydrogens (tertiary/aromatic N) is 7. The Morgan fingerprint density at radius 1 is 1.14 bits per heavy atom. The molecule has 3 atom stereocenters. The summed E-state index contributed by atoms with van der Waals surface area (Å²) in [6.45, 7) is 0.813. The van der Waals surface area contributed by atoms with Gasteiger partial charge in [-0.25, -0.2) is 9.37 Å². The highest BCUT2D eigenvalue weighted by Gasteiger charge is 2.41. The molecule has 6 rings (SSSR count). The lowest BCUT2D eigenvalue weighted by molar-refractivity contribution is -0.147. The highest BCUT2D eigenvalue weighted by Crippen LogP contribution is 2.36. The molecule has 0 spiro atoms. The van der Waals surface area contributed by atoms with Crippen molar-refractivity contribution in [3.8, 4) is 0 Å². The summed E-state index contributed by atoms with van der Waals surface area (Å²) < 4.78 is 57.2. The molecule has 1 aromatic carbocycles. The largest absolute Gasteiger partial charge is 0.451 e. The second-order valence-corrected chi connectivity index (χ2v) is 11.7. The number of likely N-dealkylation sites (tertiary alicyclic amines) is 1. The van der Waals surface area contributed by atoms with Crippen LogP contribution in [0.5, 0.6) is 0 Å². The zero-order valence-electron chi connectivity index (χ0n) is 23.2. The van der Waals surface area contributed by atoms with E-state index < -0.39 is 36.0 Å². The van der Waals surface area contributed by atoms with E-state index in [1.54, 1.807) is 36.4 Å². The highest BCUT2D eigenvalue weighted by atomic mass is 79.9. The standard InChI is InChI=1S/C28H25BrF4N8O3/c1-14(42)25-18-9-15(16-7-8-39-23(10-16)36-37-27(39)28(31,32)33)5-6-19(18)41(38-25)13-24(43)40-12-17(30)11-20(40)26(44)35-22-4-2-3-21(29)34-22/h2-6,9,16-17,20H,7-8,10-13H2,1H3,(H,34,35,44)/t16?,17-,20+/m1/s1. The van der Waals surface area contributed by atoms with Crippen LogP contribution in [-0.2, 0) is 35.3 Å². The number of fused-ring (bicyclic) bond motifs is 2. The maximum absolute atomic E-state index is 14.5. The van der Waals surface area contributed by atoms with Gasteiger partial charge in [-0.1, -0.05) is 12.1 Å². The van der Waals surface area contributed by atoms with Crippen molar-refractivity contribution >= 4 is 50.2 Å². The molecule has 1 unspecified atom stereocenters. The first-order valence-electron chi connectivity index (χ1n) is 13.8. The molecule has 44 heavy (non-hydrogen) atoms. The molecular formula is C28H25BrF4N8O3. The third-order valence-electron chi connectivity index (χ3n) is 7.91. The molecule has 3 aromatic heterocycles. The van der Waals surface area contributed by atoms with E-state index in [0.717, 1.165) is 10.1 Å². The second kappa shape index (κ2) is 11.4. The Morgan fingerprint density at radius 2 is 1.93 bits per heavy atom. The molecule has 0 saturated carbocycles. The zero-order chi connectivity index (χ0) is 31.3. The average Bonchev–Trinajstić information content (AvgIpc) is 3.67. The number of carbonyl (C=O) groups is 3. The fourth-order valence-electron chi connectivity index (χ4n) is 5.87. The minimum atomic E-state index is -4.60. The number of Topliss-reactive ketones (excluding diaryl/α,β-unsaturated/α-hetero) is 1. The molecule has 0 radical (unpaired) electrons. The van der Waals surface area contributed by atoms with E-state index in [1.165, 1.54) is 16.5 Å². The SMILES string of the molecule is CC(=O)c1nn(CC(=O)N2C[C@H](F)C[C@H]2C(=O)Nc2cccc(Br)n2)c2ccc(C3CCn4c(nnc4C(F)(F)F)C3)cc12. The first-order valence-corrected chi connectivity index (χ1v) is 14.6. The van der Waals surface area contributed by atoms with Crippen LogP contribution in [0.4, 0.5) is 23.4 Å². The van der Waals surface area contributed by atoms with Crippen molar-refractivity contribution in [2.75, 3.05) is 11.9 Å². The van der Waals surface area contributed by atoms with Crippen LogP contribution < -0.4 is 5.32 Å². The van der Waals surface area contributed by atoms with Gasteiger partial charge in [-0.05, 0) is 58.1 Å². The van der Waals surface area contributed by atoms with Gasteiger partial charge in [-0.2, -0.15) is 18.3 Å². The van der Waals surface area contributed by atoms with E-state index in [2.05, 4.69) is 41.5 Å². The molecule has 2 aliphatic rings. The van der Waals surface area contributed by atoms with E-state index in [0.29, 0.717) is 21.9 Å². The minimum Gasteiger partial charge on any atom is -0.326 e. The zero-order valence-corrected chi connectivity index (χ0v) is 24.8. The van der Waals surface area contributed by atoms with Gasteiger partial charge in [0.05, 0.1) is 12.1 Å². The molecule has 2 amide bonds. The van der Waals surface area contributed by atoms with Crippen LogP contribution in [0.25, 0.3) is 10.9 Å². The fourth-order valence-corrected chi connectivity index (χ4v) is 6.21. The monoisotopic (exact) mass is 676 g/mol. The number of anilines is 1. The maximum Gasteiger partial charge on any atom is 0.451 e. The third-order valence-corrected chi connectivity index (χ3v) is 8.36. The van der Waals surface area contributed by atoms with Crippen molar-refractivity contribution < 1.29 is 31.9 Å². The van der Waals surface area contributed by atoms with Gasteiger partial charge in [0.25, 0.3) is 0 Å². The topological polar surface area (TPSA) is 128 Å². The minimum absolute atomic E-state index is 0.0883. The van der Waals surface area contributed by atoms with Crippen molar-refractivity contribution in [3.63, 3.8) is 0 Å². The van der Waals surface area contributed by atoms with E-state index >= 15 is 0 Å². The van der Waals surface area contributed by atoms with Crippen LogP contribution in [0.3, 0.4) is 0 Å². The van der Waals surface area contributed by atoms with Crippen molar-refractivity contribution in [2.45, 2.75) is 63.6 Å². The number of amides is 2. The molecule has 5 heterocycles. The Kier molecular flexibility index (Phi) is 7.71. The molecular weight excluding hydrogens is 652 g/mol. The second-order valence-electron chi connectivity index (χ2n) is 10.8. The molecule has 11 nitrogen and oxygen atoms in total. The summed E-state index contributed by atoms with van der Waals surface area (Å²) in [4.78, 5) is 44.3. The van der Waals surface area contributed by atoms with E-state index in [4.69, 9.17) is 0 Å². The van der Waals surface area contributed by atoms with Crippen LogP contribution in [0.1, 0.15) is 53.4 Å². The Labute approximate surface area is 255 Å². The number of rotatable bonds is 6.